The van der Waals surface area contributed by atoms with E-state index in [2.05, 4.69) is 210 Å². The number of nitrogens with zero attached hydrogens (tertiary/aromatic N) is 9. The van der Waals surface area contributed by atoms with Gasteiger partial charge in [0.05, 0.1) is 34.1 Å². The summed E-state index contributed by atoms with van der Waals surface area (Å²) < 4.78 is 0. The van der Waals surface area contributed by atoms with Crippen molar-refractivity contribution in [3.05, 3.63) is 34.9 Å². The molecule has 3 rings (SSSR count). The summed E-state index contributed by atoms with van der Waals surface area (Å²) in [6.07, 6.45) is 0. The van der Waals surface area contributed by atoms with Gasteiger partial charge in [0, 0.05) is 144 Å². The summed E-state index contributed by atoms with van der Waals surface area (Å²) in [7, 11) is 35.0. The third-order valence-electron chi connectivity index (χ3n) is 9.71. The van der Waals surface area contributed by atoms with Gasteiger partial charge in [-0.25, -0.2) is 0 Å². The van der Waals surface area contributed by atoms with Gasteiger partial charge in [0.25, 0.3) is 7.38 Å². The first-order valence-corrected chi connectivity index (χ1v) is 20.2. The molecule has 0 unspecified atom stereocenters. The van der Waals surface area contributed by atoms with E-state index in [0.717, 1.165) is 34.1 Å². The fourth-order valence-electron chi connectivity index (χ4n) is 8.01. The highest BCUT2D eigenvalue weighted by molar-refractivity contribution is 7.41. The van der Waals surface area contributed by atoms with E-state index in [4.69, 9.17) is 11.1 Å². The molecule has 0 fully saturated rings. The van der Waals surface area contributed by atoms with Crippen molar-refractivity contribution in [3.8, 4) is 0 Å². The molecule has 0 bridgehead atoms. The lowest BCUT2D eigenvalue weighted by molar-refractivity contribution is 1.05. The normalized spacial score (nSPS) is 11.4. The van der Waals surface area contributed by atoms with E-state index in [9.17, 15) is 0 Å². The molecule has 0 saturated heterocycles. The van der Waals surface area contributed by atoms with Gasteiger partial charge in [-0.05, 0) is 71.2 Å². The van der Waals surface area contributed by atoms with Gasteiger partial charge >= 0.3 is 0 Å². The molecule has 9 nitrogen and oxygen atoms in total. The molecule has 50 heavy (non-hydrogen) atoms. The van der Waals surface area contributed by atoms with Crippen molar-refractivity contribution >= 4 is 85.2 Å². The maximum absolute atomic E-state index is 8.97. The number of anilines is 9. The SMILES string of the molecule is Cc1c(N(C)C)c(N(C)C)cc([Si](Cl)(c2cc(N(C)C)c(N(C)C)c(C)c2N(C)C)c2cc(N(C)C)c(N(C)C)c(C)c2N(C)C)c1N(C)C. The van der Waals surface area contributed by atoms with Gasteiger partial charge in [-0.1, -0.05) is 0 Å². The van der Waals surface area contributed by atoms with Crippen LogP contribution in [0.1, 0.15) is 16.7 Å². The van der Waals surface area contributed by atoms with E-state index in [1.165, 1.54) is 49.3 Å². The van der Waals surface area contributed by atoms with Crippen LogP contribution in [0, 0.1) is 20.8 Å². The van der Waals surface area contributed by atoms with E-state index < -0.39 is 7.38 Å². The van der Waals surface area contributed by atoms with Crippen LogP contribution in [0.5, 0.6) is 0 Å². The third-order valence-corrected chi connectivity index (χ3v) is 14.9. The van der Waals surface area contributed by atoms with Crippen LogP contribution in [0.4, 0.5) is 51.2 Å². The Morgan fingerprint density at radius 2 is 0.500 bits per heavy atom. The lowest BCUT2D eigenvalue weighted by atomic mass is 10.1. The van der Waals surface area contributed by atoms with Gasteiger partial charge in [0.15, 0.2) is 0 Å². The Balaban J connectivity index is 2.97. The molecule has 0 atom stereocenters. The molecule has 0 radical (unpaired) electrons. The molecule has 0 aliphatic heterocycles. The summed E-state index contributed by atoms with van der Waals surface area (Å²) in [5, 5.41) is 3.52. The first kappa shape index (κ1) is 40.8. The van der Waals surface area contributed by atoms with Crippen molar-refractivity contribution in [2.75, 3.05) is 171 Å². The first-order valence-electron chi connectivity index (χ1n) is 17.2. The van der Waals surface area contributed by atoms with E-state index in [0.29, 0.717) is 0 Å². The van der Waals surface area contributed by atoms with Crippen LogP contribution in [0.15, 0.2) is 18.2 Å². The highest BCUT2D eigenvalue weighted by atomic mass is 35.6. The van der Waals surface area contributed by atoms with E-state index in [-0.39, 0.29) is 0 Å². The van der Waals surface area contributed by atoms with Crippen LogP contribution in [0.2, 0.25) is 0 Å². The Hall–Kier alpha value is -3.63. The predicted molar refractivity (Wildman–Crippen MR) is 233 cm³/mol. The van der Waals surface area contributed by atoms with Gasteiger partial charge in [-0.15, -0.1) is 11.1 Å². The van der Waals surface area contributed by atoms with Crippen molar-refractivity contribution < 1.29 is 0 Å². The fraction of sp³-hybridized carbons (Fsp3) is 0.538. The summed E-state index contributed by atoms with van der Waals surface area (Å²) in [4.78, 5) is 20.2. The van der Waals surface area contributed by atoms with E-state index in [1.54, 1.807) is 0 Å². The van der Waals surface area contributed by atoms with Crippen molar-refractivity contribution in [2.45, 2.75) is 20.8 Å². The summed E-state index contributed by atoms with van der Waals surface area (Å²) >= 11 is 8.97. The topological polar surface area (TPSA) is 29.2 Å². The molecular weight excluding hydrogens is 658 g/mol. The molecule has 11 heteroatoms. The lowest BCUT2D eigenvalue weighted by Crippen LogP contribution is -2.66. The monoisotopic (exact) mass is 723 g/mol. The zero-order valence-corrected chi connectivity index (χ0v) is 36.9. The van der Waals surface area contributed by atoms with Crippen molar-refractivity contribution in [1.82, 2.24) is 0 Å². The minimum atomic E-state index is -3.49. The standard InChI is InChI=1S/C39H66ClN9Si/c1-25-34(44(10)11)28(41(4)5)22-31(37(25)47(16)17)50(40,32-23-29(42(6)7)35(45(12)13)26(2)38(32)48(18)19)33-24-30(43(8)9)36(46(14)15)27(3)39(33)49(20)21/h22-24H,1-21H3. The molecule has 0 N–H and O–H groups in total. The van der Waals surface area contributed by atoms with Crippen molar-refractivity contribution in [3.63, 3.8) is 0 Å². The number of halogens is 1. The van der Waals surface area contributed by atoms with Gasteiger partial charge in [0.2, 0.25) is 0 Å². The average Bonchev–Trinajstić information content (AvgIpc) is 2.97. The Morgan fingerprint density at radius 1 is 0.320 bits per heavy atom. The number of hydrogen-bond donors (Lipinski definition) is 0. The second-order valence-electron chi connectivity index (χ2n) is 15.5. The summed E-state index contributed by atoms with van der Waals surface area (Å²) in [6.45, 7) is 6.76. The van der Waals surface area contributed by atoms with Crippen LogP contribution in [0.3, 0.4) is 0 Å². The van der Waals surface area contributed by atoms with Crippen LogP contribution in [-0.2, 0) is 0 Å². The Kier molecular flexibility index (Phi) is 12.2. The number of hydrogen-bond acceptors (Lipinski definition) is 9. The lowest BCUT2D eigenvalue weighted by Gasteiger charge is -2.41. The highest BCUT2D eigenvalue weighted by Crippen LogP contribution is 2.43. The number of benzene rings is 3. The highest BCUT2D eigenvalue weighted by Gasteiger charge is 2.48. The molecule has 0 aliphatic rings. The maximum atomic E-state index is 8.97. The summed E-state index contributed by atoms with van der Waals surface area (Å²) in [5.74, 6) is 0. The smallest absolute Gasteiger partial charge is 0.254 e. The van der Waals surface area contributed by atoms with Gasteiger partial charge in [-0.3, -0.25) is 0 Å². The Bertz CT molecular complexity index is 1510. The third kappa shape index (κ3) is 6.85. The molecular formula is C39H66ClN9Si. The average molecular weight is 725 g/mol. The largest absolute Gasteiger partial charge is 0.377 e. The molecule has 0 aromatic heterocycles. The van der Waals surface area contributed by atoms with Crippen molar-refractivity contribution in [2.24, 2.45) is 0 Å². The van der Waals surface area contributed by atoms with Crippen LogP contribution < -0.4 is 59.7 Å². The molecule has 0 amide bonds. The van der Waals surface area contributed by atoms with Gasteiger partial charge < -0.3 is 44.1 Å². The molecule has 0 spiro atoms. The zero-order valence-electron chi connectivity index (χ0n) is 35.1. The van der Waals surface area contributed by atoms with Crippen molar-refractivity contribution in [1.29, 1.82) is 0 Å². The summed E-state index contributed by atoms with van der Waals surface area (Å²) in [5.41, 5.74) is 14.1. The molecule has 3 aromatic carbocycles. The fourth-order valence-corrected chi connectivity index (χ4v) is 13.4. The van der Waals surface area contributed by atoms with Gasteiger partial charge in [0.1, 0.15) is 0 Å². The minimum Gasteiger partial charge on any atom is -0.377 e. The zero-order chi connectivity index (χ0) is 38.5. The maximum Gasteiger partial charge on any atom is 0.254 e. The molecule has 0 saturated carbocycles. The van der Waals surface area contributed by atoms with E-state index >= 15 is 0 Å². The molecule has 0 aliphatic carbocycles. The predicted octanol–water partition coefficient (Wildman–Crippen LogP) is 4.41. The van der Waals surface area contributed by atoms with Crippen LogP contribution >= 0.6 is 11.1 Å². The Morgan fingerprint density at radius 3 is 0.640 bits per heavy atom. The quantitative estimate of drug-likeness (QED) is 0.153. The molecule has 3 aromatic rings. The second kappa shape index (κ2) is 14.9. The summed E-state index contributed by atoms with van der Waals surface area (Å²) in [6, 6.07) is 7.18. The van der Waals surface area contributed by atoms with Gasteiger partial charge in [-0.2, -0.15) is 0 Å². The van der Waals surface area contributed by atoms with Crippen LogP contribution in [0.25, 0.3) is 0 Å². The molecule has 0 heterocycles. The number of rotatable bonds is 12. The van der Waals surface area contributed by atoms with E-state index in [1.807, 2.05) is 0 Å². The van der Waals surface area contributed by atoms with Crippen LogP contribution in [-0.4, -0.2) is 134 Å². The molecule has 278 valence electrons. The Labute approximate surface area is 310 Å². The first-order chi connectivity index (χ1) is 22.9. The second-order valence-corrected chi connectivity index (χ2v) is 20.1. The minimum absolute atomic E-state index is 1.15.